The molecule has 0 saturated heterocycles. The second-order valence-electron chi connectivity index (χ2n) is 5.11. The maximum Gasteiger partial charge on any atom is 0.323 e. The highest BCUT2D eigenvalue weighted by Crippen LogP contribution is 2.29. The van der Waals surface area contributed by atoms with E-state index < -0.39 is 5.92 Å². The van der Waals surface area contributed by atoms with Crippen molar-refractivity contribution in [1.29, 1.82) is 0 Å². The van der Waals surface area contributed by atoms with Crippen LogP contribution in [-0.4, -0.2) is 5.97 Å². The first-order chi connectivity index (χ1) is 11.3. The molecule has 0 radical (unpaired) electrons. The van der Waals surface area contributed by atoms with Gasteiger partial charge in [0.25, 0.3) is 0 Å². The summed E-state index contributed by atoms with van der Waals surface area (Å²) in [5, 5.41) is 0. The first-order valence-corrected chi connectivity index (χ1v) is 8.11. The molecule has 0 N–H and O–H groups in total. The molecule has 0 amide bonds. The van der Waals surface area contributed by atoms with Gasteiger partial charge in [-0.2, -0.15) is 0 Å². The van der Waals surface area contributed by atoms with Crippen LogP contribution in [0.15, 0.2) is 89.4 Å². The van der Waals surface area contributed by atoms with Gasteiger partial charge in [0.1, 0.15) is 11.7 Å². The molecule has 0 aliphatic heterocycles. The van der Waals surface area contributed by atoms with Gasteiger partial charge in [0, 0.05) is 0 Å². The molecule has 0 fully saturated rings. The van der Waals surface area contributed by atoms with Crippen molar-refractivity contribution in [1.82, 2.24) is 0 Å². The van der Waals surface area contributed by atoms with Crippen LogP contribution in [0, 0.1) is 0 Å². The second-order valence-corrected chi connectivity index (χ2v) is 5.96. The Balaban J connectivity index is 1.96. The normalized spacial score (nSPS) is 10.5. The van der Waals surface area contributed by atoms with Gasteiger partial charge in [-0.3, -0.25) is 4.79 Å². The molecule has 0 bridgehead atoms. The molecule has 0 aromatic heterocycles. The van der Waals surface area contributed by atoms with Crippen molar-refractivity contribution >= 4 is 21.9 Å². The van der Waals surface area contributed by atoms with Gasteiger partial charge in [-0.15, -0.1) is 0 Å². The lowest BCUT2D eigenvalue weighted by molar-refractivity contribution is -0.135. The molecule has 3 aromatic rings. The molecule has 0 aliphatic rings. The van der Waals surface area contributed by atoms with Crippen molar-refractivity contribution < 1.29 is 9.53 Å². The third-order valence-corrected chi connectivity index (χ3v) is 4.20. The number of benzene rings is 3. The average molecular weight is 367 g/mol. The highest BCUT2D eigenvalue weighted by Gasteiger charge is 2.25. The summed E-state index contributed by atoms with van der Waals surface area (Å²) in [6.45, 7) is 0. The fourth-order valence-corrected chi connectivity index (χ4v) is 2.82. The molecule has 2 nitrogen and oxygen atoms in total. The fourth-order valence-electron chi connectivity index (χ4n) is 2.45. The lowest BCUT2D eigenvalue weighted by Crippen LogP contribution is -2.20. The van der Waals surface area contributed by atoms with Crippen LogP contribution < -0.4 is 4.74 Å². The summed E-state index contributed by atoms with van der Waals surface area (Å²) in [5.41, 5.74) is 1.83. The minimum Gasteiger partial charge on any atom is -0.425 e. The van der Waals surface area contributed by atoms with Gasteiger partial charge < -0.3 is 4.74 Å². The Morgan fingerprint density at radius 3 is 1.74 bits per heavy atom. The minimum atomic E-state index is -0.454. The van der Waals surface area contributed by atoms with Crippen molar-refractivity contribution in [3.8, 4) is 5.75 Å². The molecular weight excluding hydrogens is 352 g/mol. The number of hydrogen-bond donors (Lipinski definition) is 0. The van der Waals surface area contributed by atoms with Crippen molar-refractivity contribution in [3.05, 3.63) is 101 Å². The fraction of sp³-hybridized carbons (Fsp3) is 0.0500. The van der Waals surface area contributed by atoms with E-state index in [2.05, 4.69) is 15.9 Å². The van der Waals surface area contributed by atoms with Crippen LogP contribution in [0.5, 0.6) is 5.75 Å². The van der Waals surface area contributed by atoms with E-state index in [0.717, 1.165) is 15.6 Å². The van der Waals surface area contributed by atoms with Gasteiger partial charge in [0.15, 0.2) is 0 Å². The van der Waals surface area contributed by atoms with Gasteiger partial charge in [0.2, 0.25) is 0 Å². The van der Waals surface area contributed by atoms with Crippen LogP contribution >= 0.6 is 15.9 Å². The van der Waals surface area contributed by atoms with E-state index >= 15 is 0 Å². The predicted molar refractivity (Wildman–Crippen MR) is 94.5 cm³/mol. The third kappa shape index (κ3) is 3.69. The topological polar surface area (TPSA) is 26.3 Å². The van der Waals surface area contributed by atoms with Gasteiger partial charge in [0.05, 0.1) is 4.47 Å². The Bertz CT molecular complexity index is 746. The van der Waals surface area contributed by atoms with E-state index in [1.807, 2.05) is 78.9 Å². The van der Waals surface area contributed by atoms with E-state index in [-0.39, 0.29) is 5.97 Å². The summed E-state index contributed by atoms with van der Waals surface area (Å²) in [6.07, 6.45) is 0. The molecule has 0 unspecified atom stereocenters. The standard InChI is InChI=1S/C20H15BrO2/c21-17-13-7-8-14-18(17)23-20(22)19(15-9-3-1-4-10-15)16-11-5-2-6-12-16/h1-14,19H. The maximum absolute atomic E-state index is 12.8. The molecule has 0 heterocycles. The van der Waals surface area contributed by atoms with Gasteiger partial charge in [-0.05, 0) is 39.2 Å². The molecule has 3 aromatic carbocycles. The van der Waals surface area contributed by atoms with Crippen LogP contribution in [0.2, 0.25) is 0 Å². The molecular formula is C20H15BrO2. The van der Waals surface area contributed by atoms with Gasteiger partial charge in [-0.1, -0.05) is 72.8 Å². The zero-order valence-corrected chi connectivity index (χ0v) is 13.9. The Labute approximate surface area is 143 Å². The molecule has 0 saturated carbocycles. The summed E-state index contributed by atoms with van der Waals surface area (Å²) in [5.74, 6) is -0.229. The lowest BCUT2D eigenvalue weighted by Gasteiger charge is -2.17. The largest absolute Gasteiger partial charge is 0.425 e. The van der Waals surface area contributed by atoms with Crippen LogP contribution in [0.3, 0.4) is 0 Å². The van der Waals surface area contributed by atoms with Crippen LogP contribution in [-0.2, 0) is 4.79 Å². The van der Waals surface area contributed by atoms with E-state index in [1.54, 1.807) is 6.07 Å². The zero-order valence-electron chi connectivity index (χ0n) is 12.4. The zero-order chi connectivity index (χ0) is 16.1. The van der Waals surface area contributed by atoms with Crippen LogP contribution in [0.4, 0.5) is 0 Å². The summed E-state index contributed by atoms with van der Waals surface area (Å²) < 4.78 is 6.39. The van der Waals surface area contributed by atoms with E-state index in [4.69, 9.17) is 4.74 Å². The number of ether oxygens (including phenoxy) is 1. The molecule has 3 rings (SSSR count). The number of para-hydroxylation sites is 1. The first kappa shape index (κ1) is 15.5. The summed E-state index contributed by atoms with van der Waals surface area (Å²) in [4.78, 5) is 12.8. The molecule has 0 atom stereocenters. The van der Waals surface area contributed by atoms with Crippen molar-refractivity contribution in [2.75, 3.05) is 0 Å². The van der Waals surface area contributed by atoms with E-state index in [1.165, 1.54) is 0 Å². The molecule has 3 heteroatoms. The summed E-state index contributed by atoms with van der Waals surface area (Å²) in [7, 11) is 0. The Kier molecular flexibility index (Phi) is 4.89. The number of rotatable bonds is 4. The highest BCUT2D eigenvalue weighted by atomic mass is 79.9. The minimum absolute atomic E-state index is 0.297. The smallest absolute Gasteiger partial charge is 0.323 e. The summed E-state index contributed by atoms with van der Waals surface area (Å²) in [6, 6.07) is 26.7. The quantitative estimate of drug-likeness (QED) is 0.469. The Morgan fingerprint density at radius 2 is 1.22 bits per heavy atom. The Hall–Kier alpha value is -2.39. The lowest BCUT2D eigenvalue weighted by atomic mass is 9.91. The van der Waals surface area contributed by atoms with E-state index in [9.17, 15) is 4.79 Å². The van der Waals surface area contributed by atoms with E-state index in [0.29, 0.717) is 5.75 Å². The Morgan fingerprint density at radius 1 is 0.739 bits per heavy atom. The molecule has 23 heavy (non-hydrogen) atoms. The van der Waals surface area contributed by atoms with Crippen molar-refractivity contribution in [3.63, 3.8) is 0 Å². The molecule has 0 aliphatic carbocycles. The number of esters is 1. The SMILES string of the molecule is O=C(Oc1ccccc1Br)C(c1ccccc1)c1ccccc1. The number of carbonyl (C=O) groups excluding carboxylic acids is 1. The predicted octanol–water partition coefficient (Wildman–Crippen LogP) is 5.19. The highest BCUT2D eigenvalue weighted by molar-refractivity contribution is 9.10. The van der Waals surface area contributed by atoms with Crippen molar-refractivity contribution in [2.24, 2.45) is 0 Å². The second kappa shape index (κ2) is 7.25. The monoisotopic (exact) mass is 366 g/mol. The number of hydrogen-bond acceptors (Lipinski definition) is 2. The van der Waals surface area contributed by atoms with Crippen LogP contribution in [0.25, 0.3) is 0 Å². The number of carbonyl (C=O) groups is 1. The number of halogens is 1. The van der Waals surface area contributed by atoms with Gasteiger partial charge >= 0.3 is 5.97 Å². The molecule has 0 spiro atoms. The van der Waals surface area contributed by atoms with Gasteiger partial charge in [-0.25, -0.2) is 0 Å². The van der Waals surface area contributed by atoms with Crippen LogP contribution in [0.1, 0.15) is 17.0 Å². The first-order valence-electron chi connectivity index (χ1n) is 7.32. The molecule has 114 valence electrons. The average Bonchev–Trinajstić information content (AvgIpc) is 2.59. The third-order valence-electron chi connectivity index (χ3n) is 3.55. The maximum atomic E-state index is 12.8. The van der Waals surface area contributed by atoms with Crippen molar-refractivity contribution in [2.45, 2.75) is 5.92 Å². The summed E-state index contributed by atoms with van der Waals surface area (Å²) >= 11 is 3.41.